The summed E-state index contributed by atoms with van der Waals surface area (Å²) in [4.78, 5) is 38.6. The molecule has 3 atom stereocenters. The summed E-state index contributed by atoms with van der Waals surface area (Å²) >= 11 is 6.20. The summed E-state index contributed by atoms with van der Waals surface area (Å²) in [5.74, 6) is -1.22. The molecule has 5 rings (SSSR count). The zero-order chi connectivity index (χ0) is 30.0. The fraction of sp³-hybridized carbons (Fsp3) is 0.345. The molecule has 222 valence electrons. The molecular formula is C29H27ClF3N3O6. The molecule has 0 radical (unpaired) electrons. The van der Waals surface area contributed by atoms with Crippen LogP contribution in [0.3, 0.4) is 0 Å². The van der Waals surface area contributed by atoms with Gasteiger partial charge in [-0.3, -0.25) is 14.4 Å². The molecular weight excluding hydrogens is 579 g/mol. The molecule has 3 N–H and O–H groups in total. The molecule has 2 aliphatic heterocycles. The van der Waals surface area contributed by atoms with Crippen molar-refractivity contribution in [1.82, 2.24) is 4.57 Å². The number of aromatic nitrogens is 1. The monoisotopic (exact) mass is 605 g/mol. The molecule has 2 aromatic carbocycles. The molecule has 2 unspecified atom stereocenters. The SMILES string of the molecule is NC(=O)c1ccc(NC(=O)C(C[C@@H]2COCCO2)n2cc3c(cc2=O)-c2cc(Cl)ccc2CC(C(F)(F)F)OC3)cc1. The van der Waals surface area contributed by atoms with Gasteiger partial charge in [0, 0.05) is 46.9 Å². The highest BCUT2D eigenvalue weighted by Gasteiger charge is 2.42. The van der Waals surface area contributed by atoms with E-state index in [-0.39, 0.29) is 24.2 Å². The number of nitrogens with two attached hydrogens (primary N) is 1. The van der Waals surface area contributed by atoms with Crippen LogP contribution < -0.4 is 16.6 Å². The Hall–Kier alpha value is -3.71. The van der Waals surface area contributed by atoms with Gasteiger partial charge >= 0.3 is 6.18 Å². The molecule has 1 fully saturated rings. The van der Waals surface area contributed by atoms with Gasteiger partial charge in [0.2, 0.25) is 11.8 Å². The minimum absolute atomic E-state index is 0.0400. The maximum atomic E-state index is 13.8. The van der Waals surface area contributed by atoms with Gasteiger partial charge in [0.15, 0.2) is 6.10 Å². The summed E-state index contributed by atoms with van der Waals surface area (Å²) in [5.41, 5.74) is 6.66. The zero-order valence-electron chi connectivity index (χ0n) is 22.2. The number of nitrogens with one attached hydrogen (secondary N) is 1. The molecule has 3 aromatic rings. The summed E-state index contributed by atoms with van der Waals surface area (Å²) in [7, 11) is 0. The number of ether oxygens (including phenoxy) is 3. The minimum Gasteiger partial charge on any atom is -0.376 e. The van der Waals surface area contributed by atoms with Gasteiger partial charge in [-0.2, -0.15) is 13.2 Å². The number of pyridine rings is 1. The van der Waals surface area contributed by atoms with Crippen LogP contribution in [0.4, 0.5) is 18.9 Å². The quantitative estimate of drug-likeness (QED) is 0.433. The van der Waals surface area contributed by atoms with Crippen LogP contribution in [0.2, 0.25) is 5.02 Å². The average Bonchev–Trinajstić information content (AvgIpc) is 2.94. The average molecular weight is 606 g/mol. The van der Waals surface area contributed by atoms with Gasteiger partial charge in [0.25, 0.3) is 5.56 Å². The number of primary amides is 1. The normalized spacial score (nSPS) is 19.5. The van der Waals surface area contributed by atoms with Crippen LogP contribution in [0.25, 0.3) is 11.1 Å². The first-order valence-electron chi connectivity index (χ1n) is 13.1. The lowest BCUT2D eigenvalue weighted by molar-refractivity contribution is -0.223. The number of carbonyl (C=O) groups is 2. The maximum absolute atomic E-state index is 13.8. The van der Waals surface area contributed by atoms with Crippen molar-refractivity contribution in [2.24, 2.45) is 5.73 Å². The number of hydrogen-bond acceptors (Lipinski definition) is 6. The number of nitrogens with zero attached hydrogens (tertiary/aromatic N) is 1. The Bertz CT molecular complexity index is 1540. The number of fused-ring (bicyclic) bond motifs is 3. The highest BCUT2D eigenvalue weighted by molar-refractivity contribution is 6.30. The van der Waals surface area contributed by atoms with E-state index < -0.39 is 54.8 Å². The molecule has 3 heterocycles. The molecule has 0 spiro atoms. The molecule has 42 heavy (non-hydrogen) atoms. The number of hydrogen-bond donors (Lipinski definition) is 2. The van der Waals surface area contributed by atoms with Crippen molar-refractivity contribution in [2.75, 3.05) is 25.1 Å². The van der Waals surface area contributed by atoms with Crippen LogP contribution in [-0.2, 0) is 32.0 Å². The summed E-state index contributed by atoms with van der Waals surface area (Å²) in [6.07, 6.45) is -6.29. The summed E-state index contributed by atoms with van der Waals surface area (Å²) < 4.78 is 59.1. The summed E-state index contributed by atoms with van der Waals surface area (Å²) in [5, 5.41) is 3.03. The Balaban J connectivity index is 1.55. The number of halogens is 4. The maximum Gasteiger partial charge on any atom is 0.414 e. The van der Waals surface area contributed by atoms with Gasteiger partial charge in [-0.05, 0) is 53.1 Å². The summed E-state index contributed by atoms with van der Waals surface area (Å²) in [6, 6.07) is 10.5. The van der Waals surface area contributed by atoms with Crippen LogP contribution in [-0.4, -0.2) is 54.6 Å². The first-order chi connectivity index (χ1) is 20.0. The van der Waals surface area contributed by atoms with E-state index in [4.69, 9.17) is 31.5 Å². The number of alkyl halides is 3. The van der Waals surface area contributed by atoms with Gasteiger partial charge in [0.05, 0.1) is 32.5 Å². The number of benzene rings is 2. The van der Waals surface area contributed by atoms with Crippen molar-refractivity contribution in [1.29, 1.82) is 0 Å². The highest BCUT2D eigenvalue weighted by atomic mass is 35.5. The third-order valence-corrected chi connectivity index (χ3v) is 7.42. The number of amides is 2. The van der Waals surface area contributed by atoms with Gasteiger partial charge in [-0.1, -0.05) is 17.7 Å². The zero-order valence-corrected chi connectivity index (χ0v) is 22.9. The third kappa shape index (κ3) is 6.67. The molecule has 0 aliphatic carbocycles. The van der Waals surface area contributed by atoms with E-state index in [0.717, 1.165) is 0 Å². The topological polar surface area (TPSA) is 122 Å². The van der Waals surface area contributed by atoms with E-state index in [1.54, 1.807) is 0 Å². The number of anilines is 1. The fourth-order valence-electron chi connectivity index (χ4n) is 5.05. The van der Waals surface area contributed by atoms with Crippen LogP contribution in [0.1, 0.15) is 33.9 Å². The van der Waals surface area contributed by atoms with Crippen molar-refractivity contribution in [3.05, 3.63) is 86.8 Å². The predicted octanol–water partition coefficient (Wildman–Crippen LogP) is 4.26. The second-order valence-corrected chi connectivity index (χ2v) is 10.5. The Labute approximate surface area is 243 Å². The second kappa shape index (κ2) is 12.3. The van der Waals surface area contributed by atoms with Crippen molar-refractivity contribution in [3.63, 3.8) is 0 Å². The van der Waals surface area contributed by atoms with E-state index in [1.165, 1.54) is 59.3 Å². The minimum atomic E-state index is -4.63. The molecule has 2 amide bonds. The fourth-order valence-corrected chi connectivity index (χ4v) is 5.22. The van der Waals surface area contributed by atoms with Crippen molar-refractivity contribution < 1.29 is 37.0 Å². The van der Waals surface area contributed by atoms with E-state index >= 15 is 0 Å². The Morgan fingerprint density at radius 1 is 1.05 bits per heavy atom. The van der Waals surface area contributed by atoms with Crippen molar-refractivity contribution >= 4 is 29.1 Å². The molecule has 9 nitrogen and oxygen atoms in total. The van der Waals surface area contributed by atoms with Gasteiger partial charge < -0.3 is 29.8 Å². The molecule has 2 aliphatic rings. The Morgan fingerprint density at radius 3 is 2.45 bits per heavy atom. The Kier molecular flexibility index (Phi) is 8.69. The third-order valence-electron chi connectivity index (χ3n) is 7.18. The van der Waals surface area contributed by atoms with E-state index in [2.05, 4.69) is 5.32 Å². The molecule has 1 saturated heterocycles. The van der Waals surface area contributed by atoms with Crippen LogP contribution in [0.5, 0.6) is 0 Å². The lowest BCUT2D eigenvalue weighted by Gasteiger charge is -2.29. The first kappa shape index (κ1) is 29.8. The van der Waals surface area contributed by atoms with Gasteiger partial charge in [-0.25, -0.2) is 0 Å². The number of carbonyl (C=O) groups excluding carboxylic acids is 2. The van der Waals surface area contributed by atoms with Crippen molar-refractivity contribution in [2.45, 2.75) is 43.9 Å². The van der Waals surface area contributed by atoms with Gasteiger partial charge in [0.1, 0.15) is 6.04 Å². The first-order valence-corrected chi connectivity index (χ1v) is 13.5. The molecule has 0 saturated carbocycles. The van der Waals surface area contributed by atoms with E-state index in [9.17, 15) is 27.6 Å². The second-order valence-electron chi connectivity index (χ2n) is 10.1. The van der Waals surface area contributed by atoms with Crippen LogP contribution >= 0.6 is 11.6 Å². The van der Waals surface area contributed by atoms with E-state index in [1.807, 2.05) is 0 Å². The molecule has 0 bridgehead atoms. The standard InChI is InChI=1S/C29H27ClF3N3O6/c30-19-4-1-17-9-25(29(31,32)33)42-14-18-13-36(26(37)12-23(18)22(17)10-19)24(11-21-15-40-7-8-41-21)28(39)35-20-5-2-16(3-6-20)27(34)38/h1-6,10,12-13,21,24-25H,7-9,11,14-15H2,(H2,34,38)(H,35,39)/t21-,24?,25?/m1/s1. The van der Waals surface area contributed by atoms with E-state index in [0.29, 0.717) is 40.6 Å². The van der Waals surface area contributed by atoms with Crippen LogP contribution in [0, 0.1) is 0 Å². The molecule has 1 aromatic heterocycles. The lowest BCUT2D eigenvalue weighted by atomic mass is 9.92. The molecule has 13 heteroatoms. The summed E-state index contributed by atoms with van der Waals surface area (Å²) in [6.45, 7) is 0.422. The predicted molar refractivity (Wildman–Crippen MR) is 147 cm³/mol. The largest absolute Gasteiger partial charge is 0.414 e. The highest BCUT2D eigenvalue weighted by Crippen LogP contribution is 2.37. The van der Waals surface area contributed by atoms with Gasteiger partial charge in [-0.15, -0.1) is 0 Å². The smallest absolute Gasteiger partial charge is 0.376 e. The van der Waals surface area contributed by atoms with Crippen molar-refractivity contribution in [3.8, 4) is 11.1 Å². The lowest BCUT2D eigenvalue weighted by Crippen LogP contribution is -2.39. The Morgan fingerprint density at radius 2 is 1.79 bits per heavy atom. The number of rotatable bonds is 6. The van der Waals surface area contributed by atoms with Crippen LogP contribution in [0.15, 0.2) is 59.5 Å².